The number of nitrogens with zero attached hydrogens (tertiary/aromatic N) is 4. The Morgan fingerprint density at radius 2 is 1.56 bits per heavy atom. The number of carbonyl (C=O) groups excluding carboxylic acids is 3. The highest BCUT2D eigenvalue weighted by Crippen LogP contribution is 2.43. The van der Waals surface area contributed by atoms with E-state index in [9.17, 15) is 19.6 Å². The first-order chi connectivity index (χ1) is 19.5. The highest BCUT2D eigenvalue weighted by molar-refractivity contribution is 5.98. The third-order valence-electron chi connectivity index (χ3n) is 8.23. The quantitative estimate of drug-likeness (QED) is 0.257. The number of hydrogen-bond donors (Lipinski definition) is 3. The summed E-state index contributed by atoms with van der Waals surface area (Å²) in [4.78, 5) is 43.1. The van der Waals surface area contributed by atoms with E-state index < -0.39 is 5.41 Å². The van der Waals surface area contributed by atoms with E-state index in [2.05, 4.69) is 11.4 Å². The molecule has 0 spiro atoms. The van der Waals surface area contributed by atoms with Crippen LogP contribution in [0.1, 0.15) is 62.2 Å². The number of hydrogen-bond acceptors (Lipinski definition) is 6. The average Bonchev–Trinajstić information content (AvgIpc) is 3.39. The maximum atomic E-state index is 12.8. The molecular formula is C31H39N7O3. The lowest BCUT2D eigenvalue weighted by molar-refractivity contribution is -0.130. The van der Waals surface area contributed by atoms with Crippen molar-refractivity contribution in [1.82, 2.24) is 20.0 Å². The van der Waals surface area contributed by atoms with Crippen molar-refractivity contribution in [2.75, 3.05) is 47.8 Å². The molecule has 1 unspecified atom stereocenters. The molecule has 0 aromatic heterocycles. The Morgan fingerprint density at radius 1 is 1.02 bits per heavy atom. The van der Waals surface area contributed by atoms with E-state index in [4.69, 9.17) is 11.1 Å². The van der Waals surface area contributed by atoms with Gasteiger partial charge < -0.3 is 25.8 Å². The minimum Gasteiger partial charge on any atom is -0.387 e. The summed E-state index contributed by atoms with van der Waals surface area (Å²) >= 11 is 0. The molecule has 41 heavy (non-hydrogen) atoms. The molecule has 10 nitrogen and oxygen atoms in total. The third-order valence-corrected chi connectivity index (χ3v) is 8.23. The van der Waals surface area contributed by atoms with Gasteiger partial charge in [0.05, 0.1) is 18.0 Å². The van der Waals surface area contributed by atoms with Crippen LogP contribution in [0.15, 0.2) is 36.4 Å². The second-order valence-corrected chi connectivity index (χ2v) is 11.3. The number of nitrogens with one attached hydrogen (secondary N) is 2. The zero-order valence-corrected chi connectivity index (χ0v) is 24.3. The number of amidine groups is 1. The average molecular weight is 558 g/mol. The van der Waals surface area contributed by atoms with Crippen LogP contribution in [0, 0.1) is 16.7 Å². The summed E-state index contributed by atoms with van der Waals surface area (Å²) < 4.78 is 0. The van der Waals surface area contributed by atoms with Gasteiger partial charge in [-0.05, 0) is 85.2 Å². The summed E-state index contributed by atoms with van der Waals surface area (Å²) in [7, 11) is 6.84. The Hall–Kier alpha value is -4.23. The highest BCUT2D eigenvalue weighted by atomic mass is 16.2. The maximum Gasteiger partial charge on any atom is 0.253 e. The Balaban J connectivity index is 1.72. The molecule has 1 heterocycles. The Kier molecular flexibility index (Phi) is 8.78. The number of rotatable bonds is 8. The van der Waals surface area contributed by atoms with Crippen molar-refractivity contribution in [2.45, 2.75) is 43.6 Å². The zero-order valence-electron chi connectivity index (χ0n) is 24.3. The van der Waals surface area contributed by atoms with Crippen molar-refractivity contribution in [1.29, 1.82) is 10.7 Å². The van der Waals surface area contributed by atoms with Gasteiger partial charge in [0.25, 0.3) is 11.8 Å². The SMILES string of the molecule is CN(C)C(=O)c1ccc2c(c1)CCc1cc(C(=O)N(C)C)ccc1C2(CCNCC(=O)N1CCCC1C#N)C(=N)N. The van der Waals surface area contributed by atoms with Crippen LogP contribution in [0.25, 0.3) is 0 Å². The fourth-order valence-electron chi connectivity index (χ4n) is 6.10. The smallest absolute Gasteiger partial charge is 0.253 e. The standard InChI is InChI=1S/C31H39N7O3/c1-36(2)28(40)22-9-11-25-20(16-22)7-8-21-17-23(29(41)37(3)4)10-12-26(21)31(25,30(33)34)13-14-35-19-27(39)38-15-5-6-24(38)18-32/h9-12,16-17,24,35H,5-8,13-15,19H2,1-4H3,(H3,33,34). The van der Waals surface area contributed by atoms with Gasteiger partial charge in [-0.1, -0.05) is 12.1 Å². The zero-order chi connectivity index (χ0) is 29.9. The minimum atomic E-state index is -1.03. The number of nitrogens with two attached hydrogens (primary N) is 1. The number of benzene rings is 2. The fourth-order valence-corrected chi connectivity index (χ4v) is 6.10. The number of nitriles is 1. The van der Waals surface area contributed by atoms with Crippen molar-refractivity contribution in [3.63, 3.8) is 0 Å². The molecule has 3 amide bonds. The highest BCUT2D eigenvalue weighted by Gasteiger charge is 2.42. The number of likely N-dealkylation sites (tertiary alicyclic amines) is 1. The van der Waals surface area contributed by atoms with Crippen LogP contribution in [-0.4, -0.2) is 92.1 Å². The van der Waals surface area contributed by atoms with E-state index >= 15 is 0 Å². The van der Waals surface area contributed by atoms with Crippen LogP contribution in [0.2, 0.25) is 0 Å². The molecule has 2 aliphatic rings. The lowest BCUT2D eigenvalue weighted by atomic mass is 9.69. The normalized spacial score (nSPS) is 17.0. The van der Waals surface area contributed by atoms with Crippen LogP contribution in [-0.2, 0) is 23.1 Å². The van der Waals surface area contributed by atoms with Crippen LogP contribution < -0.4 is 11.1 Å². The number of carbonyl (C=O) groups is 3. The van der Waals surface area contributed by atoms with Gasteiger partial charge in [0.15, 0.2) is 0 Å². The van der Waals surface area contributed by atoms with Gasteiger partial charge in [-0.3, -0.25) is 19.8 Å². The van der Waals surface area contributed by atoms with Crippen LogP contribution in [0.3, 0.4) is 0 Å². The van der Waals surface area contributed by atoms with Gasteiger partial charge in [0.1, 0.15) is 11.9 Å². The molecule has 0 radical (unpaired) electrons. The molecule has 10 heteroatoms. The van der Waals surface area contributed by atoms with Gasteiger partial charge in [0, 0.05) is 45.9 Å². The monoisotopic (exact) mass is 557 g/mol. The predicted octanol–water partition coefficient (Wildman–Crippen LogP) is 1.91. The number of amides is 3. The lowest BCUT2D eigenvalue weighted by Gasteiger charge is -2.36. The lowest BCUT2D eigenvalue weighted by Crippen LogP contribution is -2.46. The minimum absolute atomic E-state index is 0.0440. The molecule has 1 saturated heterocycles. The molecule has 0 saturated carbocycles. The molecule has 1 fully saturated rings. The van der Waals surface area contributed by atoms with Gasteiger partial charge in [-0.25, -0.2) is 0 Å². The molecule has 2 aromatic carbocycles. The first-order valence-corrected chi connectivity index (χ1v) is 14.0. The van der Waals surface area contributed by atoms with E-state index in [1.54, 1.807) is 45.2 Å². The molecule has 4 N–H and O–H groups in total. The molecule has 1 aliphatic heterocycles. The Bertz CT molecular complexity index is 1340. The predicted molar refractivity (Wildman–Crippen MR) is 157 cm³/mol. The van der Waals surface area contributed by atoms with Crippen LogP contribution in [0.4, 0.5) is 0 Å². The summed E-state index contributed by atoms with van der Waals surface area (Å²) in [5.41, 5.74) is 10.1. The topological polar surface area (TPSA) is 147 Å². The summed E-state index contributed by atoms with van der Waals surface area (Å²) in [6, 6.07) is 12.9. The van der Waals surface area contributed by atoms with Crippen molar-refractivity contribution in [2.24, 2.45) is 5.73 Å². The Labute approximate surface area is 241 Å². The van der Waals surface area contributed by atoms with Crippen molar-refractivity contribution in [3.8, 4) is 6.07 Å². The molecular weight excluding hydrogens is 518 g/mol. The van der Waals surface area contributed by atoms with Gasteiger partial charge in [-0.15, -0.1) is 0 Å². The van der Waals surface area contributed by atoms with Crippen LogP contribution in [0.5, 0.6) is 0 Å². The largest absolute Gasteiger partial charge is 0.387 e. The number of fused-ring (bicyclic) bond motifs is 2. The maximum absolute atomic E-state index is 12.8. The molecule has 4 rings (SSSR count). The number of aryl methyl sites for hydroxylation is 2. The van der Waals surface area contributed by atoms with Crippen LogP contribution >= 0.6 is 0 Å². The van der Waals surface area contributed by atoms with E-state index in [-0.39, 0.29) is 36.1 Å². The second kappa shape index (κ2) is 12.1. The van der Waals surface area contributed by atoms with Crippen molar-refractivity contribution in [3.05, 3.63) is 69.8 Å². The first kappa shape index (κ1) is 29.7. The van der Waals surface area contributed by atoms with Crippen molar-refractivity contribution >= 4 is 23.6 Å². The van der Waals surface area contributed by atoms with E-state index in [1.807, 2.05) is 24.3 Å². The third kappa shape index (κ3) is 5.68. The fraction of sp³-hybridized carbons (Fsp3) is 0.452. The van der Waals surface area contributed by atoms with E-state index in [0.29, 0.717) is 49.9 Å². The summed E-state index contributed by atoms with van der Waals surface area (Å²) in [5.74, 6) is -0.386. The van der Waals surface area contributed by atoms with Gasteiger partial charge >= 0.3 is 0 Å². The van der Waals surface area contributed by atoms with Gasteiger partial charge in [-0.2, -0.15) is 5.26 Å². The summed E-state index contributed by atoms with van der Waals surface area (Å²) in [6.07, 6.45) is 3.13. The van der Waals surface area contributed by atoms with Crippen molar-refractivity contribution < 1.29 is 14.4 Å². The molecule has 216 valence electrons. The molecule has 1 atom stereocenters. The van der Waals surface area contributed by atoms with E-state index in [0.717, 1.165) is 28.7 Å². The summed E-state index contributed by atoms with van der Waals surface area (Å²) in [5, 5.41) is 21.5. The second-order valence-electron chi connectivity index (χ2n) is 11.3. The first-order valence-electron chi connectivity index (χ1n) is 14.0. The van der Waals surface area contributed by atoms with E-state index in [1.165, 1.54) is 9.80 Å². The Morgan fingerprint density at radius 3 is 2.02 bits per heavy atom. The molecule has 1 aliphatic carbocycles. The molecule has 0 bridgehead atoms. The van der Waals surface area contributed by atoms with Gasteiger partial charge in [0.2, 0.25) is 5.91 Å². The molecule has 2 aromatic rings. The summed E-state index contributed by atoms with van der Waals surface area (Å²) in [6.45, 7) is 1.04.